The number of aromatic nitrogens is 3. The maximum Gasteiger partial charge on any atom is 0.339 e. The summed E-state index contributed by atoms with van der Waals surface area (Å²) in [6, 6.07) is 1.74. The Morgan fingerprint density at radius 3 is 2.75 bits per heavy atom. The number of thioether (sulfide) groups is 1. The first kappa shape index (κ1) is 18.5. The normalized spacial score (nSPS) is 10.7. The molecule has 24 heavy (non-hydrogen) atoms. The topological polar surface area (TPSA) is 86.1 Å². The average Bonchev–Trinajstić information content (AvgIpc) is 3.07. The SMILES string of the molecule is CCOC(=O)c1cc(C)n(CC(=O)Nc2nnc(SCC)s2)c1C. The molecule has 0 unspecified atom stereocenters. The summed E-state index contributed by atoms with van der Waals surface area (Å²) in [6.07, 6.45) is 0. The molecular weight excluding hydrogens is 348 g/mol. The van der Waals surface area contributed by atoms with E-state index in [2.05, 4.69) is 15.5 Å². The van der Waals surface area contributed by atoms with Crippen molar-refractivity contribution in [2.75, 3.05) is 17.7 Å². The molecule has 2 heterocycles. The van der Waals surface area contributed by atoms with Crippen molar-refractivity contribution in [1.82, 2.24) is 14.8 Å². The molecule has 1 N–H and O–H groups in total. The molecule has 0 aromatic carbocycles. The number of nitrogens with one attached hydrogen (secondary N) is 1. The summed E-state index contributed by atoms with van der Waals surface area (Å²) in [5.41, 5.74) is 2.02. The zero-order chi connectivity index (χ0) is 17.7. The number of carbonyl (C=O) groups excluding carboxylic acids is 2. The molecule has 0 saturated carbocycles. The standard InChI is InChI=1S/C15H20N4O3S2/c1-5-22-13(21)11-7-9(3)19(10(11)4)8-12(20)16-14-17-18-15(24-14)23-6-2/h7H,5-6,8H2,1-4H3,(H,16,17,20). The highest BCUT2D eigenvalue weighted by Crippen LogP contribution is 2.25. The lowest BCUT2D eigenvalue weighted by Crippen LogP contribution is -2.20. The fourth-order valence-corrected chi connectivity index (χ4v) is 3.87. The molecule has 2 aromatic rings. The first-order valence-electron chi connectivity index (χ1n) is 7.56. The summed E-state index contributed by atoms with van der Waals surface area (Å²) in [6.45, 7) is 7.86. The van der Waals surface area contributed by atoms with E-state index in [-0.39, 0.29) is 18.4 Å². The van der Waals surface area contributed by atoms with Crippen LogP contribution < -0.4 is 5.32 Å². The van der Waals surface area contributed by atoms with Gasteiger partial charge in [-0.3, -0.25) is 10.1 Å². The minimum atomic E-state index is -0.373. The van der Waals surface area contributed by atoms with Gasteiger partial charge in [0.05, 0.1) is 12.2 Å². The number of esters is 1. The van der Waals surface area contributed by atoms with Crippen LogP contribution in [0, 0.1) is 13.8 Å². The number of hydrogen-bond donors (Lipinski definition) is 1. The minimum Gasteiger partial charge on any atom is -0.462 e. The molecule has 2 aromatic heterocycles. The van der Waals surface area contributed by atoms with Crippen LogP contribution in [0.3, 0.4) is 0 Å². The quantitative estimate of drug-likeness (QED) is 0.459. The molecule has 0 saturated heterocycles. The van der Waals surface area contributed by atoms with E-state index in [4.69, 9.17) is 4.74 Å². The van der Waals surface area contributed by atoms with Crippen molar-refractivity contribution < 1.29 is 14.3 Å². The fourth-order valence-electron chi connectivity index (χ4n) is 2.20. The smallest absolute Gasteiger partial charge is 0.339 e. The van der Waals surface area contributed by atoms with Crippen molar-refractivity contribution >= 4 is 40.1 Å². The van der Waals surface area contributed by atoms with Crippen LogP contribution in [-0.2, 0) is 16.1 Å². The second-order valence-corrected chi connectivity index (χ2v) is 7.43. The third kappa shape index (κ3) is 4.35. The number of ether oxygens (including phenoxy) is 1. The Morgan fingerprint density at radius 1 is 1.33 bits per heavy atom. The van der Waals surface area contributed by atoms with Gasteiger partial charge in [-0.25, -0.2) is 4.79 Å². The Morgan fingerprint density at radius 2 is 2.08 bits per heavy atom. The Labute approximate surface area is 148 Å². The number of carbonyl (C=O) groups is 2. The molecule has 0 atom stereocenters. The van der Waals surface area contributed by atoms with Gasteiger partial charge in [0.1, 0.15) is 6.54 Å². The van der Waals surface area contributed by atoms with Gasteiger partial charge in [0, 0.05) is 11.4 Å². The van der Waals surface area contributed by atoms with E-state index in [1.807, 2.05) is 13.8 Å². The summed E-state index contributed by atoms with van der Waals surface area (Å²) >= 11 is 2.93. The van der Waals surface area contributed by atoms with E-state index in [1.165, 1.54) is 11.3 Å². The Kier molecular flexibility index (Phi) is 6.38. The highest BCUT2D eigenvalue weighted by Gasteiger charge is 2.18. The van der Waals surface area contributed by atoms with Crippen molar-refractivity contribution in [1.29, 1.82) is 0 Å². The zero-order valence-corrected chi connectivity index (χ0v) is 15.7. The van der Waals surface area contributed by atoms with Gasteiger partial charge in [0.25, 0.3) is 0 Å². The van der Waals surface area contributed by atoms with Crippen LogP contribution in [0.4, 0.5) is 5.13 Å². The van der Waals surface area contributed by atoms with E-state index >= 15 is 0 Å². The summed E-state index contributed by atoms with van der Waals surface area (Å²) in [5, 5.41) is 11.2. The monoisotopic (exact) mass is 368 g/mol. The van der Waals surface area contributed by atoms with Gasteiger partial charge in [-0.2, -0.15) is 0 Å². The first-order valence-corrected chi connectivity index (χ1v) is 9.36. The van der Waals surface area contributed by atoms with Crippen LogP contribution in [0.1, 0.15) is 35.6 Å². The van der Waals surface area contributed by atoms with Gasteiger partial charge in [0.2, 0.25) is 11.0 Å². The maximum atomic E-state index is 12.2. The van der Waals surface area contributed by atoms with Crippen LogP contribution in [-0.4, -0.2) is 39.0 Å². The highest BCUT2D eigenvalue weighted by molar-refractivity contribution is 8.01. The van der Waals surface area contributed by atoms with Crippen molar-refractivity contribution in [3.63, 3.8) is 0 Å². The third-order valence-electron chi connectivity index (χ3n) is 3.29. The predicted molar refractivity (Wildman–Crippen MR) is 94.8 cm³/mol. The molecule has 0 aliphatic carbocycles. The van der Waals surface area contributed by atoms with Gasteiger partial charge in [-0.05, 0) is 32.6 Å². The largest absolute Gasteiger partial charge is 0.462 e. The average molecular weight is 368 g/mol. The third-order valence-corrected chi connectivity index (χ3v) is 5.15. The van der Waals surface area contributed by atoms with Gasteiger partial charge in [-0.1, -0.05) is 30.0 Å². The number of hydrogen-bond acceptors (Lipinski definition) is 7. The number of amides is 1. The Hall–Kier alpha value is -1.87. The van der Waals surface area contributed by atoms with E-state index in [9.17, 15) is 9.59 Å². The molecule has 0 radical (unpaired) electrons. The van der Waals surface area contributed by atoms with Gasteiger partial charge < -0.3 is 9.30 Å². The molecule has 1 amide bonds. The van der Waals surface area contributed by atoms with Gasteiger partial charge >= 0.3 is 5.97 Å². The van der Waals surface area contributed by atoms with E-state index < -0.39 is 0 Å². The second kappa shape index (κ2) is 8.29. The number of rotatable bonds is 7. The van der Waals surface area contributed by atoms with Crippen molar-refractivity contribution in [2.24, 2.45) is 0 Å². The van der Waals surface area contributed by atoms with Crippen molar-refractivity contribution in [3.8, 4) is 0 Å². The maximum absolute atomic E-state index is 12.2. The molecule has 0 fully saturated rings. The van der Waals surface area contributed by atoms with Crippen LogP contribution in [0.2, 0.25) is 0 Å². The Balaban J connectivity index is 2.07. The van der Waals surface area contributed by atoms with E-state index in [1.54, 1.807) is 36.2 Å². The second-order valence-electron chi connectivity index (χ2n) is 4.95. The summed E-state index contributed by atoms with van der Waals surface area (Å²) in [4.78, 5) is 24.2. The highest BCUT2D eigenvalue weighted by atomic mass is 32.2. The molecular formula is C15H20N4O3S2. The number of nitrogens with zero attached hydrogens (tertiary/aromatic N) is 3. The molecule has 0 spiro atoms. The molecule has 7 nitrogen and oxygen atoms in total. The molecule has 0 bridgehead atoms. The molecule has 0 aliphatic heterocycles. The van der Waals surface area contributed by atoms with Crippen molar-refractivity contribution in [2.45, 2.75) is 38.6 Å². The lowest BCUT2D eigenvalue weighted by molar-refractivity contribution is -0.116. The fraction of sp³-hybridized carbons (Fsp3) is 0.467. The molecule has 9 heteroatoms. The van der Waals surface area contributed by atoms with Crippen LogP contribution in [0.25, 0.3) is 0 Å². The van der Waals surface area contributed by atoms with Crippen LogP contribution in [0.15, 0.2) is 10.4 Å². The van der Waals surface area contributed by atoms with Gasteiger partial charge in [0.15, 0.2) is 4.34 Å². The number of aryl methyl sites for hydroxylation is 1. The lowest BCUT2D eigenvalue weighted by atomic mass is 10.2. The molecule has 130 valence electrons. The summed E-state index contributed by atoms with van der Waals surface area (Å²) in [7, 11) is 0. The number of anilines is 1. The molecule has 0 aliphatic rings. The Bertz CT molecular complexity index is 739. The zero-order valence-electron chi connectivity index (χ0n) is 14.1. The first-order chi connectivity index (χ1) is 11.5. The van der Waals surface area contributed by atoms with Crippen LogP contribution >= 0.6 is 23.1 Å². The summed E-state index contributed by atoms with van der Waals surface area (Å²) < 4.78 is 7.64. The predicted octanol–water partition coefficient (Wildman–Crippen LogP) is 2.88. The molecule has 2 rings (SSSR count). The minimum absolute atomic E-state index is 0.104. The van der Waals surface area contributed by atoms with E-state index in [0.717, 1.165) is 15.8 Å². The van der Waals surface area contributed by atoms with Gasteiger partial charge in [-0.15, -0.1) is 10.2 Å². The lowest BCUT2D eigenvalue weighted by Gasteiger charge is -2.09. The summed E-state index contributed by atoms with van der Waals surface area (Å²) in [5.74, 6) is 0.320. The van der Waals surface area contributed by atoms with Crippen molar-refractivity contribution in [3.05, 3.63) is 23.0 Å². The van der Waals surface area contributed by atoms with E-state index in [0.29, 0.717) is 23.0 Å². The van der Waals surface area contributed by atoms with Crippen LogP contribution in [0.5, 0.6) is 0 Å².